The Morgan fingerprint density at radius 1 is 1.15 bits per heavy atom. The van der Waals surface area contributed by atoms with E-state index in [2.05, 4.69) is 16.0 Å². The highest BCUT2D eigenvalue weighted by atomic mass is 19.4. The van der Waals surface area contributed by atoms with Crippen LogP contribution >= 0.6 is 0 Å². The van der Waals surface area contributed by atoms with Gasteiger partial charge in [-0.05, 0) is 37.4 Å². The van der Waals surface area contributed by atoms with E-state index >= 15 is 0 Å². The summed E-state index contributed by atoms with van der Waals surface area (Å²) >= 11 is 0. The quantitative estimate of drug-likeness (QED) is 0.504. The third-order valence-corrected chi connectivity index (χ3v) is 3.45. The van der Waals surface area contributed by atoms with Crippen LogP contribution in [0.25, 0.3) is 0 Å². The molecule has 2 aromatic rings. The van der Waals surface area contributed by atoms with E-state index in [9.17, 15) is 22.8 Å². The topological polar surface area (TPSA) is 79.5 Å². The average molecular weight is 381 g/mol. The first-order valence-corrected chi connectivity index (χ1v) is 7.95. The highest BCUT2D eigenvalue weighted by Gasteiger charge is 2.31. The molecule has 0 bridgehead atoms. The van der Waals surface area contributed by atoms with Crippen LogP contribution in [-0.2, 0) is 6.18 Å². The second kappa shape index (κ2) is 9.04. The standard InChI is InChI=1S/C18H18F3N3O3/c1-22-7-8-27-16-6-5-13(18(19,20)21)10-15(16)24-17(26)23-14-4-2-3-12(9-14)11-25/h2-6,9-11,22H,7-8H2,1H3,(H2,23,24,26). The zero-order chi connectivity index (χ0) is 19.9. The van der Waals surface area contributed by atoms with Gasteiger partial charge in [-0.15, -0.1) is 0 Å². The lowest BCUT2D eigenvalue weighted by atomic mass is 10.1. The van der Waals surface area contributed by atoms with Crippen LogP contribution in [0.4, 0.5) is 29.3 Å². The molecule has 0 atom stereocenters. The molecule has 2 aromatic carbocycles. The van der Waals surface area contributed by atoms with Crippen molar-refractivity contribution in [3.63, 3.8) is 0 Å². The molecule has 3 N–H and O–H groups in total. The van der Waals surface area contributed by atoms with E-state index in [-0.39, 0.29) is 18.0 Å². The van der Waals surface area contributed by atoms with Gasteiger partial charge in [0.15, 0.2) is 0 Å². The Bertz CT molecular complexity index is 810. The maximum atomic E-state index is 13.0. The van der Waals surface area contributed by atoms with Gasteiger partial charge in [-0.25, -0.2) is 4.79 Å². The molecule has 2 rings (SSSR count). The highest BCUT2D eigenvalue weighted by molar-refractivity contribution is 6.01. The summed E-state index contributed by atoms with van der Waals surface area (Å²) in [4.78, 5) is 22.9. The average Bonchev–Trinajstić information content (AvgIpc) is 2.62. The van der Waals surface area contributed by atoms with Crippen molar-refractivity contribution in [2.24, 2.45) is 0 Å². The number of hydrogen-bond donors (Lipinski definition) is 3. The number of rotatable bonds is 7. The van der Waals surface area contributed by atoms with Gasteiger partial charge in [0.25, 0.3) is 0 Å². The fraction of sp³-hybridized carbons (Fsp3) is 0.222. The second-order valence-electron chi connectivity index (χ2n) is 5.48. The molecule has 2 amide bonds. The predicted molar refractivity (Wildman–Crippen MR) is 95.3 cm³/mol. The summed E-state index contributed by atoms with van der Waals surface area (Å²) in [5.41, 5.74) is -0.364. The monoisotopic (exact) mass is 381 g/mol. The number of carbonyl (C=O) groups is 2. The third kappa shape index (κ3) is 6.00. The summed E-state index contributed by atoms with van der Waals surface area (Å²) in [5.74, 6) is 0.107. The minimum Gasteiger partial charge on any atom is -0.490 e. The van der Waals surface area contributed by atoms with Gasteiger partial charge in [-0.3, -0.25) is 4.79 Å². The Kier molecular flexibility index (Phi) is 6.78. The molecule has 0 spiro atoms. The molecule has 0 aliphatic carbocycles. The molecule has 0 fully saturated rings. The van der Waals surface area contributed by atoms with E-state index in [1.165, 1.54) is 6.07 Å². The van der Waals surface area contributed by atoms with Crippen LogP contribution in [-0.4, -0.2) is 32.5 Å². The molecule has 0 aliphatic heterocycles. The SMILES string of the molecule is CNCCOc1ccc(C(F)(F)F)cc1NC(=O)Nc1cccc(C=O)c1. The van der Waals surface area contributed by atoms with Crippen LogP contribution in [0.5, 0.6) is 5.75 Å². The van der Waals surface area contributed by atoms with E-state index in [4.69, 9.17) is 4.74 Å². The Labute approximate surface area is 153 Å². The summed E-state index contributed by atoms with van der Waals surface area (Å²) in [7, 11) is 1.70. The summed E-state index contributed by atoms with van der Waals surface area (Å²) in [6.07, 6.45) is -3.95. The van der Waals surface area contributed by atoms with Gasteiger partial charge in [0, 0.05) is 17.8 Å². The first kappa shape index (κ1) is 20.2. The summed E-state index contributed by atoms with van der Waals surface area (Å²) in [6, 6.07) is 8.16. The van der Waals surface area contributed by atoms with Crippen molar-refractivity contribution in [3.8, 4) is 5.75 Å². The van der Waals surface area contributed by atoms with Gasteiger partial charge < -0.3 is 20.7 Å². The number of amides is 2. The maximum absolute atomic E-state index is 13.0. The van der Waals surface area contributed by atoms with Crippen molar-refractivity contribution in [2.75, 3.05) is 30.8 Å². The number of nitrogens with one attached hydrogen (secondary N) is 3. The number of carbonyl (C=O) groups excluding carboxylic acids is 2. The van der Waals surface area contributed by atoms with Gasteiger partial charge in [-0.1, -0.05) is 12.1 Å². The Balaban J connectivity index is 2.19. The summed E-state index contributed by atoms with van der Waals surface area (Å²) in [6.45, 7) is 0.685. The van der Waals surface area contributed by atoms with E-state index in [0.717, 1.165) is 18.2 Å². The zero-order valence-corrected chi connectivity index (χ0v) is 14.4. The van der Waals surface area contributed by atoms with Crippen LogP contribution in [0.15, 0.2) is 42.5 Å². The normalized spacial score (nSPS) is 11.0. The molecule has 0 radical (unpaired) electrons. The molecule has 0 aromatic heterocycles. The first-order chi connectivity index (χ1) is 12.8. The third-order valence-electron chi connectivity index (χ3n) is 3.45. The van der Waals surface area contributed by atoms with Crippen molar-refractivity contribution in [1.82, 2.24) is 5.32 Å². The second-order valence-corrected chi connectivity index (χ2v) is 5.48. The number of ether oxygens (including phenoxy) is 1. The van der Waals surface area contributed by atoms with Gasteiger partial charge in [-0.2, -0.15) is 13.2 Å². The number of halogens is 3. The van der Waals surface area contributed by atoms with E-state index in [1.807, 2.05) is 0 Å². The molecular formula is C18H18F3N3O3. The van der Waals surface area contributed by atoms with E-state index in [1.54, 1.807) is 25.2 Å². The number of alkyl halides is 3. The lowest BCUT2D eigenvalue weighted by molar-refractivity contribution is -0.137. The van der Waals surface area contributed by atoms with Crippen molar-refractivity contribution in [1.29, 1.82) is 0 Å². The van der Waals surface area contributed by atoms with Crippen LogP contribution in [0.3, 0.4) is 0 Å². The molecule has 9 heteroatoms. The number of urea groups is 1. The Hall–Kier alpha value is -3.07. The largest absolute Gasteiger partial charge is 0.490 e. The van der Waals surface area contributed by atoms with Crippen LogP contribution in [0, 0.1) is 0 Å². The Morgan fingerprint density at radius 2 is 1.93 bits per heavy atom. The van der Waals surface area contributed by atoms with Crippen molar-refractivity contribution in [2.45, 2.75) is 6.18 Å². The zero-order valence-electron chi connectivity index (χ0n) is 14.4. The molecule has 0 heterocycles. The fourth-order valence-corrected chi connectivity index (χ4v) is 2.17. The van der Waals surface area contributed by atoms with Crippen LogP contribution in [0.2, 0.25) is 0 Å². The Morgan fingerprint density at radius 3 is 2.59 bits per heavy atom. The van der Waals surface area contributed by atoms with Crippen LogP contribution < -0.4 is 20.7 Å². The van der Waals surface area contributed by atoms with Crippen molar-refractivity contribution >= 4 is 23.7 Å². The number of hydrogen-bond acceptors (Lipinski definition) is 4. The number of aldehydes is 1. The number of anilines is 2. The fourth-order valence-electron chi connectivity index (χ4n) is 2.17. The molecule has 0 saturated carbocycles. The van der Waals surface area contributed by atoms with Gasteiger partial charge in [0.05, 0.1) is 11.3 Å². The molecule has 0 aliphatic rings. The molecule has 0 unspecified atom stereocenters. The van der Waals surface area contributed by atoms with Crippen molar-refractivity contribution < 1.29 is 27.5 Å². The van der Waals surface area contributed by atoms with E-state index in [0.29, 0.717) is 24.1 Å². The minimum atomic E-state index is -4.56. The van der Waals surface area contributed by atoms with Crippen LogP contribution in [0.1, 0.15) is 15.9 Å². The first-order valence-electron chi connectivity index (χ1n) is 7.95. The van der Waals surface area contributed by atoms with Gasteiger partial charge in [0.1, 0.15) is 18.6 Å². The molecule has 6 nitrogen and oxygen atoms in total. The molecule has 144 valence electrons. The lowest BCUT2D eigenvalue weighted by Crippen LogP contribution is -2.21. The number of benzene rings is 2. The lowest BCUT2D eigenvalue weighted by Gasteiger charge is -2.16. The minimum absolute atomic E-state index is 0.107. The molecular weight excluding hydrogens is 363 g/mol. The van der Waals surface area contributed by atoms with Gasteiger partial charge >= 0.3 is 12.2 Å². The molecule has 27 heavy (non-hydrogen) atoms. The summed E-state index contributed by atoms with van der Waals surface area (Å²) < 4.78 is 44.3. The highest BCUT2D eigenvalue weighted by Crippen LogP contribution is 2.35. The maximum Gasteiger partial charge on any atom is 0.416 e. The number of likely N-dealkylation sites (N-methyl/N-ethyl adjacent to an activating group) is 1. The molecule has 0 saturated heterocycles. The van der Waals surface area contributed by atoms with Crippen molar-refractivity contribution in [3.05, 3.63) is 53.6 Å². The van der Waals surface area contributed by atoms with E-state index < -0.39 is 17.8 Å². The predicted octanol–water partition coefficient (Wildman–Crippen LogP) is 3.76. The smallest absolute Gasteiger partial charge is 0.416 e. The summed E-state index contributed by atoms with van der Waals surface area (Å²) in [5, 5.41) is 7.66. The van der Waals surface area contributed by atoms with Gasteiger partial charge in [0.2, 0.25) is 0 Å².